The summed E-state index contributed by atoms with van der Waals surface area (Å²) in [6.07, 6.45) is 4.13. The Balaban J connectivity index is 2.37. The summed E-state index contributed by atoms with van der Waals surface area (Å²) in [7, 11) is 0. The molecule has 0 aliphatic heterocycles. The maximum atomic E-state index is 12.3. The number of nitrogens with two attached hydrogens (primary N) is 1. The van der Waals surface area contributed by atoms with E-state index in [-0.39, 0.29) is 12.2 Å². The summed E-state index contributed by atoms with van der Waals surface area (Å²) in [5, 5.41) is 10.7. The Morgan fingerprint density at radius 2 is 1.91 bits per heavy atom. The first kappa shape index (κ1) is 27.1. The van der Waals surface area contributed by atoms with E-state index in [2.05, 4.69) is 11.6 Å². The van der Waals surface area contributed by atoms with Crippen molar-refractivity contribution >= 4 is 35.4 Å². The highest BCUT2D eigenvalue weighted by molar-refractivity contribution is 8.05. The molecule has 2 aromatic rings. The number of carbonyl (C=O) groups is 2. The average molecular weight is 480 g/mol. The van der Waals surface area contributed by atoms with E-state index >= 15 is 0 Å². The van der Waals surface area contributed by atoms with Crippen molar-refractivity contribution in [3.05, 3.63) is 81.0 Å². The van der Waals surface area contributed by atoms with Crippen LogP contribution in [0.15, 0.2) is 52.8 Å². The predicted octanol–water partition coefficient (Wildman–Crippen LogP) is 5.99. The molecule has 3 N–H and O–H groups in total. The summed E-state index contributed by atoms with van der Waals surface area (Å²) in [6, 6.07) is 8.01. The third kappa shape index (κ3) is 6.23. The van der Waals surface area contributed by atoms with E-state index in [4.69, 9.17) is 15.8 Å². The van der Waals surface area contributed by atoms with Crippen LogP contribution in [0, 0.1) is 13.8 Å². The first-order chi connectivity index (χ1) is 16.0. The minimum absolute atomic E-state index is 0.124. The second-order valence-electron chi connectivity index (χ2n) is 8.48. The average Bonchev–Trinajstić information content (AvgIpc) is 2.78. The van der Waals surface area contributed by atoms with Crippen LogP contribution in [0.3, 0.4) is 0 Å². The SMILES string of the molecule is C=C(S/C=C(\C)CCCC(=O)O)C(C)(C=O)c1c(C)nc(/C(=C\C)c2ccccc2C)nc1N. The van der Waals surface area contributed by atoms with Gasteiger partial charge in [-0.05, 0) is 68.9 Å². The number of thioether (sulfide) groups is 1. The van der Waals surface area contributed by atoms with Crippen molar-refractivity contribution in [2.45, 2.75) is 59.3 Å². The first-order valence-corrected chi connectivity index (χ1v) is 12.0. The number of nitrogen functional groups attached to an aromatic ring is 1. The van der Waals surface area contributed by atoms with Gasteiger partial charge in [-0.2, -0.15) is 0 Å². The molecule has 6 nitrogen and oxygen atoms in total. The fourth-order valence-corrected chi connectivity index (χ4v) is 4.63. The van der Waals surface area contributed by atoms with Gasteiger partial charge in [-0.3, -0.25) is 4.79 Å². The van der Waals surface area contributed by atoms with Crippen molar-refractivity contribution in [1.29, 1.82) is 0 Å². The van der Waals surface area contributed by atoms with Gasteiger partial charge in [0.2, 0.25) is 0 Å². The minimum atomic E-state index is -1.09. The van der Waals surface area contributed by atoms with Gasteiger partial charge < -0.3 is 15.6 Å². The number of hydrogen-bond acceptors (Lipinski definition) is 6. The largest absolute Gasteiger partial charge is 0.481 e. The quantitative estimate of drug-likeness (QED) is 0.381. The molecule has 0 fully saturated rings. The van der Waals surface area contributed by atoms with Crippen LogP contribution in [0.25, 0.3) is 5.57 Å². The number of nitrogens with zero attached hydrogens (tertiary/aromatic N) is 2. The van der Waals surface area contributed by atoms with Crippen LogP contribution in [0.2, 0.25) is 0 Å². The highest BCUT2D eigenvalue weighted by Gasteiger charge is 2.35. The van der Waals surface area contributed by atoms with Crippen LogP contribution in [-0.2, 0) is 15.0 Å². The lowest BCUT2D eigenvalue weighted by molar-refractivity contribution is -0.137. The van der Waals surface area contributed by atoms with E-state index in [1.807, 2.05) is 63.4 Å². The van der Waals surface area contributed by atoms with E-state index in [0.717, 1.165) is 28.6 Å². The molecular formula is C27H33N3O3S. The minimum Gasteiger partial charge on any atom is -0.481 e. The summed E-state index contributed by atoms with van der Waals surface area (Å²) >= 11 is 1.34. The Labute approximate surface area is 206 Å². The molecule has 180 valence electrons. The number of aliphatic carboxylic acids is 1. The van der Waals surface area contributed by atoms with Crippen LogP contribution in [0.5, 0.6) is 0 Å². The van der Waals surface area contributed by atoms with Gasteiger partial charge in [0.15, 0.2) is 5.82 Å². The molecule has 1 atom stereocenters. The Hall–Kier alpha value is -3.19. The number of anilines is 1. The maximum absolute atomic E-state index is 12.3. The number of carbonyl (C=O) groups excluding carboxylic acids is 1. The fraction of sp³-hybridized carbons (Fsp3) is 0.333. The standard InChI is InChI=1S/C27H33N3O3S/c1-7-21(22-13-9-8-12-18(22)3)26-29-19(4)24(25(28)30-26)27(6,16-31)20(5)34-15-17(2)11-10-14-23(32)33/h7-9,12-13,15-16H,5,10-11,14H2,1-4,6H3,(H,32,33)(H2,28,29,30)/b17-15+,21-7-. The van der Waals surface area contributed by atoms with Crippen molar-refractivity contribution in [3.8, 4) is 0 Å². The monoisotopic (exact) mass is 479 g/mol. The van der Waals surface area contributed by atoms with E-state index in [9.17, 15) is 9.59 Å². The first-order valence-electron chi connectivity index (χ1n) is 11.1. The van der Waals surface area contributed by atoms with Crippen molar-refractivity contribution in [2.24, 2.45) is 0 Å². The number of hydrogen-bond donors (Lipinski definition) is 2. The third-order valence-electron chi connectivity index (χ3n) is 5.78. The van der Waals surface area contributed by atoms with Gasteiger partial charge in [-0.15, -0.1) is 11.8 Å². The molecule has 0 radical (unpaired) electrons. The number of aryl methyl sites for hydroxylation is 2. The van der Waals surface area contributed by atoms with Crippen molar-refractivity contribution < 1.29 is 14.7 Å². The molecule has 2 rings (SSSR count). The number of carboxylic acid groups (broad SMARTS) is 1. The van der Waals surface area contributed by atoms with Gasteiger partial charge in [0, 0.05) is 23.3 Å². The molecule has 1 aromatic heterocycles. The Morgan fingerprint density at radius 1 is 1.24 bits per heavy atom. The van der Waals surface area contributed by atoms with E-state index in [1.54, 1.807) is 6.92 Å². The molecule has 0 saturated heterocycles. The van der Waals surface area contributed by atoms with Crippen LogP contribution in [-0.4, -0.2) is 27.3 Å². The Kier molecular flexibility index (Phi) is 9.38. The van der Waals surface area contributed by atoms with Crippen molar-refractivity contribution in [3.63, 3.8) is 0 Å². The molecule has 1 unspecified atom stereocenters. The zero-order chi connectivity index (χ0) is 25.5. The molecule has 1 heterocycles. The molecule has 34 heavy (non-hydrogen) atoms. The second kappa shape index (κ2) is 11.8. The number of carboxylic acids is 1. The molecular weight excluding hydrogens is 446 g/mol. The van der Waals surface area contributed by atoms with Gasteiger partial charge in [-0.25, -0.2) is 9.97 Å². The molecule has 0 amide bonds. The Morgan fingerprint density at radius 3 is 2.47 bits per heavy atom. The number of benzene rings is 1. The zero-order valence-electron chi connectivity index (χ0n) is 20.5. The van der Waals surface area contributed by atoms with Gasteiger partial charge in [-0.1, -0.05) is 42.5 Å². The Bertz CT molecular complexity index is 1130. The molecule has 0 spiro atoms. The number of aromatic nitrogens is 2. The summed E-state index contributed by atoms with van der Waals surface area (Å²) in [4.78, 5) is 33.0. The second-order valence-corrected chi connectivity index (χ2v) is 9.45. The number of rotatable bonds is 11. The summed E-state index contributed by atoms with van der Waals surface area (Å²) in [5.41, 5.74) is 10.5. The maximum Gasteiger partial charge on any atom is 0.303 e. The normalized spacial score (nSPS) is 13.9. The topological polar surface area (TPSA) is 106 Å². The highest BCUT2D eigenvalue weighted by Crippen LogP contribution is 2.41. The predicted molar refractivity (Wildman–Crippen MR) is 141 cm³/mol. The van der Waals surface area contributed by atoms with Crippen LogP contribution in [0.1, 0.15) is 68.2 Å². The van der Waals surface area contributed by atoms with E-state index in [1.165, 1.54) is 11.8 Å². The van der Waals surface area contributed by atoms with Crippen LogP contribution < -0.4 is 5.73 Å². The van der Waals surface area contributed by atoms with Crippen molar-refractivity contribution in [2.75, 3.05) is 5.73 Å². The summed E-state index contributed by atoms with van der Waals surface area (Å²) in [6.45, 7) is 13.6. The van der Waals surface area contributed by atoms with Crippen LogP contribution in [0.4, 0.5) is 5.82 Å². The highest BCUT2D eigenvalue weighted by atomic mass is 32.2. The van der Waals surface area contributed by atoms with E-state index in [0.29, 0.717) is 34.8 Å². The van der Waals surface area contributed by atoms with E-state index < -0.39 is 11.4 Å². The zero-order valence-corrected chi connectivity index (χ0v) is 21.3. The van der Waals surface area contributed by atoms with Gasteiger partial charge >= 0.3 is 5.97 Å². The molecule has 7 heteroatoms. The molecule has 0 saturated carbocycles. The molecule has 0 aliphatic rings. The summed E-state index contributed by atoms with van der Waals surface area (Å²) < 4.78 is 0. The van der Waals surface area contributed by atoms with Gasteiger partial charge in [0.05, 0.1) is 5.41 Å². The lowest BCUT2D eigenvalue weighted by Gasteiger charge is -2.28. The fourth-order valence-electron chi connectivity index (χ4n) is 3.77. The molecule has 1 aromatic carbocycles. The van der Waals surface area contributed by atoms with Crippen LogP contribution >= 0.6 is 11.8 Å². The summed E-state index contributed by atoms with van der Waals surface area (Å²) in [5.74, 6) is -0.0542. The number of allylic oxidation sites excluding steroid dienone is 3. The van der Waals surface area contributed by atoms with Gasteiger partial charge in [0.1, 0.15) is 12.1 Å². The van der Waals surface area contributed by atoms with Crippen molar-refractivity contribution in [1.82, 2.24) is 9.97 Å². The lowest BCUT2D eigenvalue weighted by atomic mass is 9.83. The molecule has 0 aliphatic carbocycles. The van der Waals surface area contributed by atoms with Gasteiger partial charge in [0.25, 0.3) is 0 Å². The third-order valence-corrected chi connectivity index (χ3v) is 7.01. The number of aldehydes is 1. The lowest BCUT2D eigenvalue weighted by Crippen LogP contribution is -2.28. The smallest absolute Gasteiger partial charge is 0.303 e. The molecule has 0 bridgehead atoms.